The third-order valence-electron chi connectivity index (χ3n) is 3.73. The molecule has 0 spiro atoms. The largest absolute Gasteiger partial charge is 0.497 e. The normalized spacial score (nSPS) is 10.9. The van der Waals surface area contributed by atoms with E-state index in [-0.39, 0.29) is 5.78 Å². The van der Waals surface area contributed by atoms with E-state index < -0.39 is 0 Å². The first kappa shape index (κ1) is 15.3. The Labute approximate surface area is 125 Å². The van der Waals surface area contributed by atoms with Gasteiger partial charge >= 0.3 is 0 Å². The highest BCUT2D eigenvalue weighted by molar-refractivity contribution is 5.97. The fourth-order valence-corrected chi connectivity index (χ4v) is 2.38. The van der Waals surface area contributed by atoms with Crippen molar-refractivity contribution < 1.29 is 9.53 Å². The molecule has 0 aliphatic rings. The minimum absolute atomic E-state index is 0.0763. The van der Waals surface area contributed by atoms with Crippen molar-refractivity contribution in [2.75, 3.05) is 7.11 Å². The SMILES string of the molecule is CCC(CC)n1ccc(CC(=O)c2ccc(OC)cc2)n1. The Bertz CT molecular complexity index is 583. The molecule has 0 saturated heterocycles. The maximum atomic E-state index is 12.2. The Balaban J connectivity index is 2.05. The number of hydrogen-bond donors (Lipinski definition) is 0. The molecule has 1 aromatic carbocycles. The van der Waals surface area contributed by atoms with Crippen LogP contribution in [0.2, 0.25) is 0 Å². The number of rotatable bonds is 7. The molecule has 0 fully saturated rings. The predicted molar refractivity (Wildman–Crippen MR) is 82.9 cm³/mol. The number of carbonyl (C=O) groups excluding carboxylic acids is 1. The third kappa shape index (κ3) is 3.72. The van der Waals surface area contributed by atoms with Crippen molar-refractivity contribution in [3.8, 4) is 5.75 Å². The van der Waals surface area contributed by atoms with Gasteiger partial charge in [-0.15, -0.1) is 0 Å². The lowest BCUT2D eigenvalue weighted by Crippen LogP contribution is -2.09. The van der Waals surface area contributed by atoms with Gasteiger partial charge in [0.2, 0.25) is 0 Å². The topological polar surface area (TPSA) is 44.1 Å². The first-order valence-electron chi connectivity index (χ1n) is 7.39. The molecule has 4 nitrogen and oxygen atoms in total. The number of ether oxygens (including phenoxy) is 1. The molecule has 4 heteroatoms. The molecular formula is C17H22N2O2. The number of aromatic nitrogens is 2. The average molecular weight is 286 g/mol. The Morgan fingerprint density at radius 1 is 1.19 bits per heavy atom. The van der Waals surface area contributed by atoms with Crippen molar-refractivity contribution in [3.05, 3.63) is 47.8 Å². The van der Waals surface area contributed by atoms with Crippen molar-refractivity contribution in [2.45, 2.75) is 39.2 Å². The van der Waals surface area contributed by atoms with Crippen LogP contribution in [-0.2, 0) is 6.42 Å². The molecule has 0 N–H and O–H groups in total. The third-order valence-corrected chi connectivity index (χ3v) is 3.73. The predicted octanol–water partition coefficient (Wildman–Crippen LogP) is 3.68. The van der Waals surface area contributed by atoms with Crippen molar-refractivity contribution in [1.29, 1.82) is 0 Å². The molecule has 0 aliphatic carbocycles. The van der Waals surface area contributed by atoms with E-state index in [2.05, 4.69) is 18.9 Å². The summed E-state index contributed by atoms with van der Waals surface area (Å²) < 4.78 is 7.06. The van der Waals surface area contributed by atoms with Crippen molar-refractivity contribution in [1.82, 2.24) is 9.78 Å². The molecule has 0 amide bonds. The number of Topliss-reactive ketones (excluding diaryl/α,β-unsaturated/α-hetero) is 1. The number of hydrogen-bond acceptors (Lipinski definition) is 3. The van der Waals surface area contributed by atoms with Crippen LogP contribution in [0.5, 0.6) is 5.75 Å². The van der Waals surface area contributed by atoms with Gasteiger partial charge in [0.1, 0.15) is 5.75 Å². The van der Waals surface area contributed by atoms with Gasteiger partial charge in [-0.05, 0) is 43.2 Å². The minimum atomic E-state index is 0.0763. The summed E-state index contributed by atoms with van der Waals surface area (Å²) in [5.41, 5.74) is 1.51. The second kappa shape index (κ2) is 7.07. The van der Waals surface area contributed by atoms with E-state index in [1.165, 1.54) is 0 Å². The molecule has 0 radical (unpaired) electrons. The van der Waals surface area contributed by atoms with Crippen molar-refractivity contribution in [3.63, 3.8) is 0 Å². The van der Waals surface area contributed by atoms with Crippen LogP contribution in [0, 0.1) is 0 Å². The summed E-state index contributed by atoms with van der Waals surface area (Å²) >= 11 is 0. The van der Waals surface area contributed by atoms with Gasteiger partial charge in [0.15, 0.2) is 5.78 Å². The highest BCUT2D eigenvalue weighted by atomic mass is 16.5. The Morgan fingerprint density at radius 2 is 1.86 bits per heavy atom. The smallest absolute Gasteiger partial charge is 0.168 e. The van der Waals surface area contributed by atoms with Crippen molar-refractivity contribution in [2.24, 2.45) is 0 Å². The lowest BCUT2D eigenvalue weighted by atomic mass is 10.1. The molecule has 2 rings (SSSR count). The highest BCUT2D eigenvalue weighted by Gasteiger charge is 2.12. The number of carbonyl (C=O) groups is 1. The summed E-state index contributed by atoms with van der Waals surface area (Å²) in [6, 6.07) is 9.53. The van der Waals surface area contributed by atoms with Crippen LogP contribution >= 0.6 is 0 Å². The Hall–Kier alpha value is -2.10. The summed E-state index contributed by atoms with van der Waals surface area (Å²) in [5.74, 6) is 0.831. The van der Waals surface area contributed by atoms with E-state index in [0.29, 0.717) is 18.0 Å². The van der Waals surface area contributed by atoms with Crippen LogP contribution in [0.1, 0.15) is 48.8 Å². The second-order valence-electron chi connectivity index (χ2n) is 5.09. The zero-order valence-electron chi connectivity index (χ0n) is 12.9. The molecule has 0 aliphatic heterocycles. The molecule has 1 heterocycles. The summed E-state index contributed by atoms with van der Waals surface area (Å²) in [4.78, 5) is 12.2. The van der Waals surface area contributed by atoms with Crippen LogP contribution in [-0.4, -0.2) is 22.7 Å². The molecule has 0 bridgehead atoms. The quantitative estimate of drug-likeness (QED) is 0.729. The van der Waals surface area contributed by atoms with E-state index in [1.807, 2.05) is 16.9 Å². The van der Waals surface area contributed by atoms with Gasteiger partial charge in [-0.3, -0.25) is 9.48 Å². The lowest BCUT2D eigenvalue weighted by Gasteiger charge is -2.12. The maximum Gasteiger partial charge on any atom is 0.168 e. The van der Waals surface area contributed by atoms with Gasteiger partial charge < -0.3 is 4.74 Å². The molecule has 0 atom stereocenters. The van der Waals surface area contributed by atoms with Crippen LogP contribution in [0.3, 0.4) is 0 Å². The molecule has 2 aromatic rings. The maximum absolute atomic E-state index is 12.2. The zero-order valence-corrected chi connectivity index (χ0v) is 12.9. The molecule has 1 aromatic heterocycles. The molecular weight excluding hydrogens is 264 g/mol. The number of benzene rings is 1. The average Bonchev–Trinajstić information content (AvgIpc) is 2.97. The minimum Gasteiger partial charge on any atom is -0.497 e. The van der Waals surface area contributed by atoms with Crippen LogP contribution in [0.25, 0.3) is 0 Å². The molecule has 0 saturated carbocycles. The molecule has 112 valence electrons. The van der Waals surface area contributed by atoms with Gasteiger partial charge in [0.05, 0.1) is 25.3 Å². The molecule has 21 heavy (non-hydrogen) atoms. The monoisotopic (exact) mass is 286 g/mol. The first-order valence-corrected chi connectivity index (χ1v) is 7.39. The highest BCUT2D eigenvalue weighted by Crippen LogP contribution is 2.16. The first-order chi connectivity index (χ1) is 10.2. The Morgan fingerprint density at radius 3 is 2.43 bits per heavy atom. The number of methoxy groups -OCH3 is 1. The van der Waals surface area contributed by atoms with E-state index in [1.54, 1.807) is 31.4 Å². The zero-order chi connectivity index (χ0) is 15.2. The second-order valence-corrected chi connectivity index (χ2v) is 5.09. The van der Waals surface area contributed by atoms with Gasteiger partial charge in [-0.1, -0.05) is 13.8 Å². The van der Waals surface area contributed by atoms with Crippen LogP contribution in [0.15, 0.2) is 36.5 Å². The fraction of sp³-hybridized carbons (Fsp3) is 0.412. The summed E-state index contributed by atoms with van der Waals surface area (Å²) in [5, 5.41) is 4.52. The lowest BCUT2D eigenvalue weighted by molar-refractivity contribution is 0.0991. The van der Waals surface area contributed by atoms with Gasteiger partial charge in [0, 0.05) is 11.8 Å². The number of ketones is 1. The standard InChI is InChI=1S/C17H22N2O2/c1-4-15(5-2)19-11-10-14(18-19)12-17(20)13-6-8-16(21-3)9-7-13/h6-11,15H,4-5,12H2,1-3H3. The van der Waals surface area contributed by atoms with Crippen LogP contribution < -0.4 is 4.74 Å². The van der Waals surface area contributed by atoms with Gasteiger partial charge in [-0.2, -0.15) is 5.10 Å². The van der Waals surface area contributed by atoms with E-state index >= 15 is 0 Å². The fourth-order valence-electron chi connectivity index (χ4n) is 2.38. The van der Waals surface area contributed by atoms with Gasteiger partial charge in [-0.25, -0.2) is 0 Å². The Kier molecular flexibility index (Phi) is 5.14. The summed E-state index contributed by atoms with van der Waals surface area (Å²) in [7, 11) is 1.61. The van der Waals surface area contributed by atoms with Crippen LogP contribution in [0.4, 0.5) is 0 Å². The summed E-state index contributed by atoms with van der Waals surface area (Å²) in [6.45, 7) is 4.30. The van der Waals surface area contributed by atoms with E-state index in [9.17, 15) is 4.79 Å². The van der Waals surface area contributed by atoms with Gasteiger partial charge in [0.25, 0.3) is 0 Å². The molecule has 0 unspecified atom stereocenters. The number of nitrogens with zero attached hydrogens (tertiary/aromatic N) is 2. The van der Waals surface area contributed by atoms with E-state index in [0.717, 1.165) is 24.3 Å². The summed E-state index contributed by atoms with van der Waals surface area (Å²) in [6.07, 6.45) is 4.39. The van der Waals surface area contributed by atoms with E-state index in [4.69, 9.17) is 4.74 Å². The van der Waals surface area contributed by atoms with Crippen molar-refractivity contribution >= 4 is 5.78 Å².